The van der Waals surface area contributed by atoms with Gasteiger partial charge in [0, 0.05) is 5.69 Å². The molecule has 1 aromatic carbocycles. The van der Waals surface area contributed by atoms with Crippen molar-refractivity contribution in [1.82, 2.24) is 4.98 Å². The number of hydrogen-bond donors (Lipinski definition) is 1. The smallest absolute Gasteiger partial charge is 0.351 e. The number of aromatic amines is 1. The van der Waals surface area contributed by atoms with Gasteiger partial charge in [-0.2, -0.15) is 26.3 Å². The van der Waals surface area contributed by atoms with Crippen LogP contribution in [-0.4, -0.2) is 4.98 Å². The van der Waals surface area contributed by atoms with E-state index in [0.717, 1.165) is 0 Å². The molecule has 0 radical (unpaired) electrons. The van der Waals surface area contributed by atoms with Crippen molar-refractivity contribution in [2.75, 3.05) is 0 Å². The Morgan fingerprint density at radius 3 is 1.86 bits per heavy atom. The maximum absolute atomic E-state index is 12.7. The summed E-state index contributed by atoms with van der Waals surface area (Å²) in [6, 6.07) is 4.11. The van der Waals surface area contributed by atoms with Crippen LogP contribution in [0.25, 0.3) is 11.3 Å². The Balaban J connectivity index is 2.61. The molecule has 0 saturated heterocycles. The van der Waals surface area contributed by atoms with E-state index >= 15 is 0 Å². The van der Waals surface area contributed by atoms with Crippen LogP contribution in [0.4, 0.5) is 26.3 Å². The molecule has 0 atom stereocenters. The zero-order valence-corrected chi connectivity index (χ0v) is 11.3. The molecule has 0 aliphatic rings. The molecule has 0 unspecified atom stereocenters. The fourth-order valence-electron chi connectivity index (χ4n) is 1.72. The maximum atomic E-state index is 12.7. The second-order valence-corrected chi connectivity index (χ2v) is 4.91. The van der Waals surface area contributed by atoms with E-state index < -0.39 is 23.6 Å². The highest BCUT2D eigenvalue weighted by atomic mass is 35.5. The van der Waals surface area contributed by atoms with Crippen LogP contribution in [-0.2, 0) is 12.4 Å². The van der Waals surface area contributed by atoms with Crippen LogP contribution in [0.5, 0.6) is 0 Å². The number of nitrogens with one attached hydrogen (secondary N) is 1. The van der Waals surface area contributed by atoms with E-state index in [1.807, 2.05) is 0 Å². The van der Waals surface area contributed by atoms with E-state index in [-0.39, 0.29) is 21.3 Å². The van der Waals surface area contributed by atoms with Gasteiger partial charge >= 0.3 is 12.4 Å². The van der Waals surface area contributed by atoms with Crippen molar-refractivity contribution < 1.29 is 26.3 Å². The molecule has 2 rings (SSSR count). The largest absolute Gasteiger partial charge is 0.431 e. The molecule has 0 amide bonds. The van der Waals surface area contributed by atoms with Gasteiger partial charge in [0.15, 0.2) is 0 Å². The SMILES string of the molecule is FC(F)(F)c1cc(-c2ccc(Cl)c(Cl)c2)[nH]c1C(F)(F)F. The van der Waals surface area contributed by atoms with Gasteiger partial charge in [0.1, 0.15) is 5.69 Å². The number of alkyl halides is 6. The zero-order valence-electron chi connectivity index (χ0n) is 9.83. The quantitative estimate of drug-likeness (QED) is 0.606. The normalized spacial score (nSPS) is 12.8. The zero-order chi connectivity index (χ0) is 16.0. The van der Waals surface area contributed by atoms with Gasteiger partial charge in [-0.3, -0.25) is 0 Å². The first kappa shape index (κ1) is 16.0. The van der Waals surface area contributed by atoms with Crippen molar-refractivity contribution in [2.45, 2.75) is 12.4 Å². The van der Waals surface area contributed by atoms with E-state index in [1.54, 1.807) is 4.98 Å². The Morgan fingerprint density at radius 1 is 0.810 bits per heavy atom. The summed E-state index contributed by atoms with van der Waals surface area (Å²) in [6.07, 6.45) is -10.3. The molecule has 0 aliphatic carbocycles. The van der Waals surface area contributed by atoms with E-state index in [0.29, 0.717) is 6.07 Å². The molecule has 0 aliphatic heterocycles. The summed E-state index contributed by atoms with van der Waals surface area (Å²) in [6.45, 7) is 0. The van der Waals surface area contributed by atoms with Crippen LogP contribution in [0.3, 0.4) is 0 Å². The first-order chi connectivity index (χ1) is 9.50. The molecule has 1 nitrogen and oxygen atoms in total. The predicted molar refractivity (Wildman–Crippen MR) is 66.3 cm³/mol. The van der Waals surface area contributed by atoms with Gasteiger partial charge in [-0.15, -0.1) is 0 Å². The minimum Gasteiger partial charge on any atom is -0.351 e. The lowest BCUT2D eigenvalue weighted by atomic mass is 10.1. The van der Waals surface area contributed by atoms with Gasteiger partial charge in [-0.25, -0.2) is 0 Å². The number of aromatic nitrogens is 1. The molecule has 21 heavy (non-hydrogen) atoms. The monoisotopic (exact) mass is 347 g/mol. The van der Waals surface area contributed by atoms with E-state index in [1.165, 1.54) is 18.2 Å². The topological polar surface area (TPSA) is 15.8 Å². The molecule has 0 spiro atoms. The fourth-order valence-corrected chi connectivity index (χ4v) is 2.02. The van der Waals surface area contributed by atoms with Crippen molar-refractivity contribution >= 4 is 23.2 Å². The molecule has 0 fully saturated rings. The summed E-state index contributed by atoms with van der Waals surface area (Å²) in [7, 11) is 0. The Morgan fingerprint density at radius 2 is 1.43 bits per heavy atom. The average Bonchev–Trinajstić information content (AvgIpc) is 2.77. The number of H-pyrrole nitrogens is 1. The summed E-state index contributed by atoms with van der Waals surface area (Å²) >= 11 is 11.3. The Labute approximate surface area is 124 Å². The summed E-state index contributed by atoms with van der Waals surface area (Å²) in [4.78, 5) is 1.74. The Bertz CT molecular complexity index is 640. The molecule has 0 bridgehead atoms. The number of halogens is 8. The highest BCUT2D eigenvalue weighted by Gasteiger charge is 2.45. The molecule has 1 aromatic heterocycles. The molecule has 9 heteroatoms. The van der Waals surface area contributed by atoms with E-state index in [2.05, 4.69) is 0 Å². The summed E-state index contributed by atoms with van der Waals surface area (Å²) in [5.41, 5.74) is -3.93. The average molecular weight is 348 g/mol. The minimum atomic E-state index is -5.15. The standard InChI is InChI=1S/C12H5Cl2F6N/c13-7-2-1-5(3-8(7)14)9-4-6(11(15,16)17)10(21-9)12(18,19)20/h1-4,21H. The molecule has 1 N–H and O–H groups in total. The molecular weight excluding hydrogens is 343 g/mol. The molecule has 2 aromatic rings. The minimum absolute atomic E-state index is 0.0193. The van der Waals surface area contributed by atoms with Crippen LogP contribution in [0.15, 0.2) is 24.3 Å². The summed E-state index contributed by atoms with van der Waals surface area (Å²) in [5, 5.41) is 0.157. The number of hydrogen-bond acceptors (Lipinski definition) is 0. The lowest BCUT2D eigenvalue weighted by Crippen LogP contribution is -2.15. The number of benzene rings is 1. The van der Waals surface area contributed by atoms with Gasteiger partial charge in [-0.1, -0.05) is 29.3 Å². The number of rotatable bonds is 1. The first-order valence-electron chi connectivity index (χ1n) is 5.33. The van der Waals surface area contributed by atoms with Crippen molar-refractivity contribution in [3.63, 3.8) is 0 Å². The van der Waals surface area contributed by atoms with Crippen molar-refractivity contribution in [2.24, 2.45) is 0 Å². The van der Waals surface area contributed by atoms with Gasteiger partial charge in [0.2, 0.25) is 0 Å². The van der Waals surface area contributed by atoms with Crippen LogP contribution in [0.1, 0.15) is 11.3 Å². The van der Waals surface area contributed by atoms with Gasteiger partial charge in [-0.05, 0) is 23.8 Å². The lowest BCUT2D eigenvalue weighted by Gasteiger charge is -2.10. The summed E-state index contributed by atoms with van der Waals surface area (Å²) < 4.78 is 76.1. The highest BCUT2D eigenvalue weighted by molar-refractivity contribution is 6.42. The fraction of sp³-hybridized carbons (Fsp3) is 0.167. The third-order valence-electron chi connectivity index (χ3n) is 2.64. The Hall–Kier alpha value is -1.34. The molecule has 0 saturated carbocycles. The van der Waals surface area contributed by atoms with Gasteiger partial charge in [0.05, 0.1) is 15.6 Å². The van der Waals surface area contributed by atoms with Crippen LogP contribution in [0.2, 0.25) is 10.0 Å². The second kappa shape index (κ2) is 5.14. The van der Waals surface area contributed by atoms with Crippen molar-refractivity contribution in [1.29, 1.82) is 0 Å². The van der Waals surface area contributed by atoms with Crippen LogP contribution in [0, 0.1) is 0 Å². The highest BCUT2D eigenvalue weighted by Crippen LogP contribution is 2.42. The summed E-state index contributed by atoms with van der Waals surface area (Å²) in [5.74, 6) is 0. The van der Waals surface area contributed by atoms with Crippen LogP contribution < -0.4 is 0 Å². The molecular formula is C12H5Cl2F6N. The second-order valence-electron chi connectivity index (χ2n) is 4.10. The van der Waals surface area contributed by atoms with Crippen molar-refractivity contribution in [3.8, 4) is 11.3 Å². The third kappa shape index (κ3) is 3.29. The first-order valence-corrected chi connectivity index (χ1v) is 6.08. The third-order valence-corrected chi connectivity index (χ3v) is 3.38. The van der Waals surface area contributed by atoms with Gasteiger partial charge in [0.25, 0.3) is 0 Å². The Kier molecular flexibility index (Phi) is 3.92. The maximum Gasteiger partial charge on any atom is 0.431 e. The van der Waals surface area contributed by atoms with E-state index in [9.17, 15) is 26.3 Å². The molecule has 114 valence electrons. The van der Waals surface area contributed by atoms with Gasteiger partial charge < -0.3 is 4.98 Å². The lowest BCUT2D eigenvalue weighted by molar-refractivity contribution is -0.163. The van der Waals surface area contributed by atoms with E-state index in [4.69, 9.17) is 23.2 Å². The predicted octanol–water partition coefficient (Wildman–Crippen LogP) is 6.03. The molecule has 1 heterocycles. The van der Waals surface area contributed by atoms with Crippen LogP contribution >= 0.6 is 23.2 Å². The van der Waals surface area contributed by atoms with Crippen molar-refractivity contribution in [3.05, 3.63) is 45.6 Å².